The molecular weight excluding hydrogens is 223 g/mol. The Bertz CT molecular complexity index is 398. The summed E-state index contributed by atoms with van der Waals surface area (Å²) >= 11 is 0. The van der Waals surface area contributed by atoms with E-state index in [1.54, 1.807) is 13.8 Å². The molecule has 0 aliphatic heterocycles. The molecule has 0 saturated carbocycles. The van der Waals surface area contributed by atoms with Gasteiger partial charge in [0.1, 0.15) is 11.7 Å². The zero-order chi connectivity index (χ0) is 12.8. The molecule has 1 unspecified atom stereocenters. The van der Waals surface area contributed by atoms with Crippen molar-refractivity contribution in [3.05, 3.63) is 35.6 Å². The maximum Gasteiger partial charge on any atom is 0.316 e. The van der Waals surface area contributed by atoms with Gasteiger partial charge in [0, 0.05) is 5.56 Å². The van der Waals surface area contributed by atoms with Crippen LogP contribution in [0.4, 0.5) is 4.39 Å². The van der Waals surface area contributed by atoms with E-state index in [0.717, 1.165) is 0 Å². The van der Waals surface area contributed by atoms with Crippen LogP contribution in [0.2, 0.25) is 0 Å². The van der Waals surface area contributed by atoms with Crippen LogP contribution in [0.25, 0.3) is 0 Å². The Balaban J connectivity index is 2.86. The van der Waals surface area contributed by atoms with Crippen LogP contribution in [-0.4, -0.2) is 18.4 Å². The van der Waals surface area contributed by atoms with Gasteiger partial charge < -0.3 is 4.74 Å². The Kier molecular flexibility index (Phi) is 4.82. The predicted octanol–water partition coefficient (Wildman–Crippen LogP) is 2.60. The number of ether oxygens (including phenoxy) is 1. The Morgan fingerprint density at radius 2 is 1.82 bits per heavy atom. The fraction of sp³-hybridized carbons (Fsp3) is 0.385. The van der Waals surface area contributed by atoms with E-state index >= 15 is 0 Å². The molecule has 1 aromatic carbocycles. The number of rotatable bonds is 5. The van der Waals surface area contributed by atoms with E-state index in [0.29, 0.717) is 12.0 Å². The molecule has 0 aliphatic carbocycles. The lowest BCUT2D eigenvalue weighted by Crippen LogP contribution is -2.25. The quantitative estimate of drug-likeness (QED) is 0.450. The van der Waals surface area contributed by atoms with Gasteiger partial charge in [-0.1, -0.05) is 6.92 Å². The maximum absolute atomic E-state index is 12.7. The summed E-state index contributed by atoms with van der Waals surface area (Å²) in [5, 5.41) is 0. The molecule has 1 atom stereocenters. The predicted molar refractivity (Wildman–Crippen MR) is 61.1 cm³/mol. The minimum atomic E-state index is -0.805. The number of ketones is 1. The van der Waals surface area contributed by atoms with Gasteiger partial charge >= 0.3 is 5.97 Å². The molecule has 4 heteroatoms. The number of hydrogen-bond acceptors (Lipinski definition) is 3. The van der Waals surface area contributed by atoms with Gasteiger partial charge in [-0.3, -0.25) is 9.59 Å². The molecule has 0 aliphatic rings. The summed E-state index contributed by atoms with van der Waals surface area (Å²) in [5.41, 5.74) is 0.325. The first-order valence-corrected chi connectivity index (χ1v) is 5.56. The zero-order valence-corrected chi connectivity index (χ0v) is 9.90. The molecule has 0 saturated heterocycles. The van der Waals surface area contributed by atoms with Gasteiger partial charge in [-0.25, -0.2) is 4.39 Å². The van der Waals surface area contributed by atoms with Crippen molar-refractivity contribution in [1.82, 2.24) is 0 Å². The Labute approximate surface area is 99.6 Å². The van der Waals surface area contributed by atoms with Gasteiger partial charge in [0.15, 0.2) is 5.78 Å². The van der Waals surface area contributed by atoms with E-state index in [4.69, 9.17) is 4.74 Å². The van der Waals surface area contributed by atoms with Crippen LogP contribution in [0.1, 0.15) is 30.6 Å². The molecule has 0 bridgehead atoms. The van der Waals surface area contributed by atoms with Crippen LogP contribution in [-0.2, 0) is 9.53 Å². The van der Waals surface area contributed by atoms with Crippen molar-refractivity contribution in [2.24, 2.45) is 5.92 Å². The molecule has 0 N–H and O–H groups in total. The molecule has 0 aromatic heterocycles. The summed E-state index contributed by atoms with van der Waals surface area (Å²) in [6.45, 7) is 3.67. The average molecular weight is 238 g/mol. The minimum Gasteiger partial charge on any atom is -0.465 e. The van der Waals surface area contributed by atoms with Crippen molar-refractivity contribution >= 4 is 11.8 Å². The van der Waals surface area contributed by atoms with Crippen LogP contribution < -0.4 is 0 Å². The second-order valence-electron chi connectivity index (χ2n) is 3.58. The third kappa shape index (κ3) is 3.37. The zero-order valence-electron chi connectivity index (χ0n) is 9.90. The average Bonchev–Trinajstić information content (AvgIpc) is 2.31. The fourth-order valence-corrected chi connectivity index (χ4v) is 1.52. The summed E-state index contributed by atoms with van der Waals surface area (Å²) in [4.78, 5) is 23.5. The molecule has 0 amide bonds. The third-order valence-corrected chi connectivity index (χ3v) is 2.42. The number of Topliss-reactive ketones (excluding diaryl/α,β-unsaturated/α-hetero) is 1. The van der Waals surface area contributed by atoms with E-state index in [1.165, 1.54) is 24.3 Å². The lowest BCUT2D eigenvalue weighted by atomic mass is 9.95. The molecule has 1 rings (SSSR count). The molecular formula is C13H15FO3. The number of carbonyl (C=O) groups is 2. The normalized spacial score (nSPS) is 11.9. The van der Waals surface area contributed by atoms with E-state index in [-0.39, 0.29) is 12.4 Å². The summed E-state index contributed by atoms with van der Waals surface area (Å²) in [6.07, 6.45) is 0.370. The highest BCUT2D eigenvalue weighted by Gasteiger charge is 2.26. The Hall–Kier alpha value is -1.71. The lowest BCUT2D eigenvalue weighted by Gasteiger charge is -2.12. The van der Waals surface area contributed by atoms with Crippen LogP contribution in [0.15, 0.2) is 24.3 Å². The van der Waals surface area contributed by atoms with Gasteiger partial charge in [0.2, 0.25) is 0 Å². The molecule has 0 spiro atoms. The van der Waals surface area contributed by atoms with E-state index in [1.807, 2.05) is 0 Å². The van der Waals surface area contributed by atoms with Crippen LogP contribution in [0.3, 0.4) is 0 Å². The van der Waals surface area contributed by atoms with Crippen LogP contribution in [0.5, 0.6) is 0 Å². The standard InChI is InChI=1S/C13H15FO3/c1-3-11(13(16)17-4-2)12(15)9-5-7-10(14)8-6-9/h5-8,11H,3-4H2,1-2H3. The third-order valence-electron chi connectivity index (χ3n) is 2.42. The molecule has 3 nitrogen and oxygen atoms in total. The van der Waals surface area contributed by atoms with Crippen LogP contribution in [0, 0.1) is 11.7 Å². The van der Waals surface area contributed by atoms with Crippen molar-refractivity contribution in [3.8, 4) is 0 Å². The number of carbonyl (C=O) groups excluding carboxylic acids is 2. The fourth-order valence-electron chi connectivity index (χ4n) is 1.52. The molecule has 92 valence electrons. The first kappa shape index (κ1) is 13.4. The van der Waals surface area contributed by atoms with E-state index in [2.05, 4.69) is 0 Å². The Morgan fingerprint density at radius 1 is 1.24 bits per heavy atom. The van der Waals surface area contributed by atoms with E-state index in [9.17, 15) is 14.0 Å². The first-order valence-electron chi connectivity index (χ1n) is 5.56. The second kappa shape index (κ2) is 6.13. The number of benzene rings is 1. The maximum atomic E-state index is 12.7. The Morgan fingerprint density at radius 3 is 2.29 bits per heavy atom. The molecule has 0 fully saturated rings. The highest BCUT2D eigenvalue weighted by Crippen LogP contribution is 2.14. The van der Waals surface area contributed by atoms with Crippen molar-refractivity contribution in [2.45, 2.75) is 20.3 Å². The van der Waals surface area contributed by atoms with E-state index < -0.39 is 17.7 Å². The minimum absolute atomic E-state index is 0.242. The summed E-state index contributed by atoms with van der Waals surface area (Å²) < 4.78 is 17.5. The topological polar surface area (TPSA) is 43.4 Å². The van der Waals surface area contributed by atoms with Crippen molar-refractivity contribution in [2.75, 3.05) is 6.61 Å². The van der Waals surface area contributed by atoms with Gasteiger partial charge in [-0.05, 0) is 37.6 Å². The van der Waals surface area contributed by atoms with Crippen molar-refractivity contribution in [3.63, 3.8) is 0 Å². The van der Waals surface area contributed by atoms with Crippen molar-refractivity contribution < 1.29 is 18.7 Å². The van der Waals surface area contributed by atoms with Crippen molar-refractivity contribution in [1.29, 1.82) is 0 Å². The number of halogens is 1. The highest BCUT2D eigenvalue weighted by molar-refractivity contribution is 6.08. The lowest BCUT2D eigenvalue weighted by molar-refractivity contribution is -0.146. The molecule has 1 aromatic rings. The molecule has 0 radical (unpaired) electrons. The summed E-state index contributed by atoms with van der Waals surface area (Å²) in [5.74, 6) is -2.07. The smallest absolute Gasteiger partial charge is 0.316 e. The largest absolute Gasteiger partial charge is 0.465 e. The second-order valence-corrected chi connectivity index (χ2v) is 3.58. The summed E-state index contributed by atoms with van der Waals surface area (Å²) in [6, 6.07) is 5.15. The first-order chi connectivity index (χ1) is 8.10. The SMILES string of the molecule is CCOC(=O)C(CC)C(=O)c1ccc(F)cc1. The van der Waals surface area contributed by atoms with Gasteiger partial charge in [-0.15, -0.1) is 0 Å². The van der Waals surface area contributed by atoms with Gasteiger partial charge in [0.05, 0.1) is 6.61 Å². The highest BCUT2D eigenvalue weighted by atomic mass is 19.1. The van der Waals surface area contributed by atoms with Crippen LogP contribution >= 0.6 is 0 Å². The number of esters is 1. The monoisotopic (exact) mass is 238 g/mol. The molecule has 17 heavy (non-hydrogen) atoms. The van der Waals surface area contributed by atoms with Gasteiger partial charge in [0.25, 0.3) is 0 Å². The van der Waals surface area contributed by atoms with Gasteiger partial charge in [-0.2, -0.15) is 0 Å². The number of hydrogen-bond donors (Lipinski definition) is 0. The summed E-state index contributed by atoms with van der Waals surface area (Å²) in [7, 11) is 0. The molecule has 0 heterocycles.